The van der Waals surface area contributed by atoms with Gasteiger partial charge in [0.1, 0.15) is 0 Å². The van der Waals surface area contributed by atoms with E-state index < -0.39 is 0 Å². The van der Waals surface area contributed by atoms with Gasteiger partial charge in [-0.3, -0.25) is 0 Å². The fraction of sp³-hybridized carbons (Fsp3) is 0. The molecular formula is C22H14O2. The maximum absolute atomic E-state index is 9.16. The standard InChI is InChI=1S/C22H14O2/c23-24-22-7-3-6-16-11-18-9-8-17-10-14-4-1-2-5-15(14)12-19(17)20(18)13-21(16)22/h1-13,23H. The summed E-state index contributed by atoms with van der Waals surface area (Å²) in [5.41, 5.74) is 0. The summed E-state index contributed by atoms with van der Waals surface area (Å²) in [5, 5.41) is 18.4. The van der Waals surface area contributed by atoms with Gasteiger partial charge < -0.3 is 4.89 Å². The van der Waals surface area contributed by atoms with Crippen molar-refractivity contribution in [3.63, 3.8) is 0 Å². The molecule has 5 aromatic carbocycles. The van der Waals surface area contributed by atoms with E-state index in [1.807, 2.05) is 12.1 Å². The molecule has 2 nitrogen and oxygen atoms in total. The summed E-state index contributed by atoms with van der Waals surface area (Å²) in [4.78, 5) is 4.56. The first kappa shape index (κ1) is 13.3. The van der Waals surface area contributed by atoms with Gasteiger partial charge in [-0.2, -0.15) is 0 Å². The van der Waals surface area contributed by atoms with Crippen LogP contribution in [0.5, 0.6) is 5.75 Å². The summed E-state index contributed by atoms with van der Waals surface area (Å²) in [5.74, 6) is 0.479. The van der Waals surface area contributed by atoms with E-state index in [2.05, 4.69) is 65.6 Å². The second-order valence-corrected chi connectivity index (χ2v) is 6.13. The van der Waals surface area contributed by atoms with Gasteiger partial charge in [-0.15, -0.1) is 0 Å². The predicted octanol–water partition coefficient (Wildman–Crippen LogP) is 6.15. The molecule has 0 atom stereocenters. The van der Waals surface area contributed by atoms with E-state index in [4.69, 9.17) is 5.26 Å². The average Bonchev–Trinajstić information content (AvgIpc) is 2.64. The molecular weight excluding hydrogens is 296 g/mol. The molecule has 0 aliphatic heterocycles. The molecule has 0 aliphatic carbocycles. The Bertz CT molecular complexity index is 1240. The lowest BCUT2D eigenvalue weighted by atomic mass is 9.96. The van der Waals surface area contributed by atoms with Gasteiger partial charge in [0.25, 0.3) is 0 Å². The monoisotopic (exact) mass is 310 g/mol. The zero-order valence-corrected chi connectivity index (χ0v) is 12.9. The number of benzene rings is 5. The van der Waals surface area contributed by atoms with Crippen LogP contribution < -0.4 is 4.89 Å². The van der Waals surface area contributed by atoms with Crippen LogP contribution in [0.4, 0.5) is 0 Å². The van der Waals surface area contributed by atoms with Crippen LogP contribution in [-0.4, -0.2) is 5.26 Å². The van der Waals surface area contributed by atoms with Crippen molar-refractivity contribution >= 4 is 43.1 Å². The van der Waals surface area contributed by atoms with Gasteiger partial charge in [0, 0.05) is 5.39 Å². The maximum Gasteiger partial charge on any atom is 0.172 e. The van der Waals surface area contributed by atoms with E-state index in [0.717, 1.165) is 16.2 Å². The van der Waals surface area contributed by atoms with Crippen LogP contribution >= 0.6 is 0 Å². The number of rotatable bonds is 1. The van der Waals surface area contributed by atoms with Crippen LogP contribution in [-0.2, 0) is 0 Å². The van der Waals surface area contributed by atoms with Gasteiger partial charge in [-0.1, -0.05) is 48.5 Å². The third-order valence-corrected chi connectivity index (χ3v) is 4.76. The van der Waals surface area contributed by atoms with E-state index in [1.54, 1.807) is 6.07 Å². The zero-order chi connectivity index (χ0) is 16.1. The van der Waals surface area contributed by atoms with Crippen LogP contribution in [0.15, 0.2) is 78.9 Å². The maximum atomic E-state index is 9.16. The summed E-state index contributed by atoms with van der Waals surface area (Å²) in [6.07, 6.45) is 0. The molecule has 0 amide bonds. The molecule has 1 N–H and O–H groups in total. The van der Waals surface area contributed by atoms with Crippen molar-refractivity contribution in [3.8, 4) is 5.75 Å². The largest absolute Gasteiger partial charge is 0.340 e. The van der Waals surface area contributed by atoms with E-state index in [9.17, 15) is 0 Å². The first-order chi connectivity index (χ1) is 11.8. The molecule has 0 bridgehead atoms. The topological polar surface area (TPSA) is 29.5 Å². The number of hydrogen-bond donors (Lipinski definition) is 1. The van der Waals surface area contributed by atoms with Crippen molar-refractivity contribution in [3.05, 3.63) is 78.9 Å². The summed E-state index contributed by atoms with van der Waals surface area (Å²) in [6, 6.07) is 27.1. The van der Waals surface area contributed by atoms with Gasteiger partial charge in [-0.25, -0.2) is 5.26 Å². The minimum absolute atomic E-state index is 0.479. The minimum atomic E-state index is 0.479. The Kier molecular flexibility index (Phi) is 2.75. The molecule has 0 saturated carbocycles. The Morgan fingerprint density at radius 3 is 1.83 bits per heavy atom. The SMILES string of the molecule is OOc1cccc2cc3ccc4cc5ccccc5cc4c3cc12. The Balaban J connectivity index is 1.97. The van der Waals surface area contributed by atoms with Crippen LogP contribution in [0.3, 0.4) is 0 Å². The Morgan fingerprint density at radius 1 is 0.500 bits per heavy atom. The van der Waals surface area contributed by atoms with Crippen molar-refractivity contribution < 1.29 is 10.1 Å². The Labute approximate surface area is 138 Å². The fourth-order valence-corrected chi connectivity index (χ4v) is 3.57. The third-order valence-electron chi connectivity index (χ3n) is 4.76. The minimum Gasteiger partial charge on any atom is -0.340 e. The number of fused-ring (bicyclic) bond motifs is 5. The van der Waals surface area contributed by atoms with Crippen molar-refractivity contribution in [1.82, 2.24) is 0 Å². The van der Waals surface area contributed by atoms with E-state index in [-0.39, 0.29) is 0 Å². The van der Waals surface area contributed by atoms with Crippen LogP contribution in [0, 0.1) is 0 Å². The molecule has 0 fully saturated rings. The van der Waals surface area contributed by atoms with Gasteiger partial charge in [0.15, 0.2) is 5.75 Å². The van der Waals surface area contributed by atoms with Gasteiger partial charge in [0.05, 0.1) is 0 Å². The van der Waals surface area contributed by atoms with Crippen molar-refractivity contribution in [2.24, 2.45) is 0 Å². The average molecular weight is 310 g/mol. The van der Waals surface area contributed by atoms with Crippen molar-refractivity contribution in [2.75, 3.05) is 0 Å². The second-order valence-electron chi connectivity index (χ2n) is 6.13. The highest BCUT2D eigenvalue weighted by atomic mass is 17.1. The molecule has 0 radical (unpaired) electrons. The molecule has 24 heavy (non-hydrogen) atoms. The van der Waals surface area contributed by atoms with Crippen LogP contribution in [0.2, 0.25) is 0 Å². The molecule has 114 valence electrons. The van der Waals surface area contributed by atoms with E-state index >= 15 is 0 Å². The zero-order valence-electron chi connectivity index (χ0n) is 12.9. The van der Waals surface area contributed by atoms with Crippen molar-refractivity contribution in [2.45, 2.75) is 0 Å². The summed E-state index contributed by atoms with van der Waals surface area (Å²) in [7, 11) is 0. The quantitative estimate of drug-likeness (QED) is 0.174. The molecule has 5 rings (SSSR count). The fourth-order valence-electron chi connectivity index (χ4n) is 3.57. The highest BCUT2D eigenvalue weighted by Gasteiger charge is 2.08. The summed E-state index contributed by atoms with van der Waals surface area (Å²) in [6.45, 7) is 0. The number of hydrogen-bond acceptors (Lipinski definition) is 2. The Morgan fingerprint density at radius 2 is 1.08 bits per heavy atom. The predicted molar refractivity (Wildman–Crippen MR) is 99.7 cm³/mol. The lowest BCUT2D eigenvalue weighted by Crippen LogP contribution is -1.86. The Hall–Kier alpha value is -3.10. The third kappa shape index (κ3) is 1.87. The highest BCUT2D eigenvalue weighted by Crippen LogP contribution is 2.34. The molecule has 0 unspecified atom stereocenters. The molecule has 5 aromatic rings. The van der Waals surface area contributed by atoms with Gasteiger partial charge in [0.2, 0.25) is 0 Å². The first-order valence-electron chi connectivity index (χ1n) is 7.93. The van der Waals surface area contributed by atoms with Crippen molar-refractivity contribution in [1.29, 1.82) is 0 Å². The molecule has 0 spiro atoms. The highest BCUT2D eigenvalue weighted by molar-refractivity contribution is 6.15. The van der Waals surface area contributed by atoms with Crippen LogP contribution in [0.25, 0.3) is 43.1 Å². The second kappa shape index (κ2) is 4.95. The van der Waals surface area contributed by atoms with Crippen LogP contribution in [0.1, 0.15) is 0 Å². The molecule has 0 saturated heterocycles. The van der Waals surface area contributed by atoms with E-state index in [1.165, 1.54) is 26.9 Å². The molecule has 0 heterocycles. The smallest absolute Gasteiger partial charge is 0.172 e. The molecule has 0 aliphatic rings. The van der Waals surface area contributed by atoms with Gasteiger partial charge in [-0.05, 0) is 68.0 Å². The lowest BCUT2D eigenvalue weighted by molar-refractivity contribution is -0.136. The normalized spacial score (nSPS) is 11.5. The summed E-state index contributed by atoms with van der Waals surface area (Å²) < 4.78 is 0. The molecule has 0 aromatic heterocycles. The first-order valence-corrected chi connectivity index (χ1v) is 7.93. The van der Waals surface area contributed by atoms with E-state index in [0.29, 0.717) is 5.75 Å². The van der Waals surface area contributed by atoms with Gasteiger partial charge >= 0.3 is 0 Å². The lowest BCUT2D eigenvalue weighted by Gasteiger charge is -2.09. The molecule has 2 heteroatoms. The summed E-state index contributed by atoms with van der Waals surface area (Å²) >= 11 is 0.